The molecule has 0 atom stereocenters. The van der Waals surface area contributed by atoms with Gasteiger partial charge in [-0.2, -0.15) is 0 Å². The molecule has 0 spiro atoms. The van der Waals surface area contributed by atoms with Crippen molar-refractivity contribution in [2.24, 2.45) is 0 Å². The first-order valence-electron chi connectivity index (χ1n) is 6.30. The predicted octanol–water partition coefficient (Wildman–Crippen LogP) is 0.0703. The van der Waals surface area contributed by atoms with Crippen molar-refractivity contribution in [3.8, 4) is 0 Å². The van der Waals surface area contributed by atoms with Gasteiger partial charge in [0.25, 0.3) is 0 Å². The van der Waals surface area contributed by atoms with Crippen LogP contribution in [0.25, 0.3) is 0 Å². The minimum atomic E-state index is -3.79. The summed E-state index contributed by atoms with van der Waals surface area (Å²) in [6, 6.07) is 5.49. The van der Waals surface area contributed by atoms with Gasteiger partial charge in [0.2, 0.25) is 15.9 Å². The second-order valence-electron chi connectivity index (χ2n) is 4.45. The minimum Gasteiger partial charge on any atom is -0.481 e. The number of rotatable bonds is 7. The average Bonchev–Trinajstić information content (AvgIpc) is 2.44. The number of nitrogens with zero attached hydrogens (tertiary/aromatic N) is 1. The zero-order valence-electron chi connectivity index (χ0n) is 11.9. The van der Waals surface area contributed by atoms with E-state index >= 15 is 0 Å². The van der Waals surface area contributed by atoms with Gasteiger partial charge in [0, 0.05) is 13.6 Å². The van der Waals surface area contributed by atoms with Gasteiger partial charge < -0.3 is 10.0 Å². The molecule has 0 aromatic heterocycles. The van der Waals surface area contributed by atoms with E-state index in [1.807, 2.05) is 0 Å². The zero-order valence-corrected chi connectivity index (χ0v) is 12.7. The molecule has 1 amide bonds. The average molecular weight is 314 g/mol. The lowest BCUT2D eigenvalue weighted by atomic mass is 10.2. The molecule has 0 saturated heterocycles. The van der Waals surface area contributed by atoms with Gasteiger partial charge in [-0.3, -0.25) is 9.59 Å². The summed E-state index contributed by atoms with van der Waals surface area (Å²) >= 11 is 0. The van der Waals surface area contributed by atoms with Crippen molar-refractivity contribution in [2.45, 2.75) is 18.2 Å². The van der Waals surface area contributed by atoms with Crippen LogP contribution in [0, 0.1) is 0 Å². The standard InChI is InChI=1S/C13H18N2O5S/c1-3-15(2)12(16)9-14-21(19,20)11-6-4-10(5-7-11)8-13(17)18/h4-7,14H,3,8-9H2,1-2H3,(H,17,18). The highest BCUT2D eigenvalue weighted by Gasteiger charge is 2.16. The van der Waals surface area contributed by atoms with Crippen LogP contribution in [0.5, 0.6) is 0 Å². The molecule has 1 aromatic carbocycles. The normalized spacial score (nSPS) is 11.1. The third-order valence-corrected chi connectivity index (χ3v) is 4.32. The maximum absolute atomic E-state index is 12.0. The van der Waals surface area contributed by atoms with Crippen molar-refractivity contribution >= 4 is 21.9 Å². The number of likely N-dealkylation sites (N-methyl/N-ethyl adjacent to an activating group) is 1. The van der Waals surface area contributed by atoms with Gasteiger partial charge in [0.05, 0.1) is 17.9 Å². The Morgan fingerprint density at radius 1 is 1.24 bits per heavy atom. The highest BCUT2D eigenvalue weighted by atomic mass is 32.2. The molecule has 0 unspecified atom stereocenters. The Bertz CT molecular complexity index is 610. The lowest BCUT2D eigenvalue weighted by Gasteiger charge is -2.14. The summed E-state index contributed by atoms with van der Waals surface area (Å²) in [5.74, 6) is -1.32. The van der Waals surface area contributed by atoms with Crippen LogP contribution in [0.15, 0.2) is 29.2 Å². The highest BCUT2D eigenvalue weighted by Crippen LogP contribution is 2.11. The number of hydrogen-bond acceptors (Lipinski definition) is 4. The van der Waals surface area contributed by atoms with Crippen molar-refractivity contribution in [3.63, 3.8) is 0 Å². The van der Waals surface area contributed by atoms with Crippen LogP contribution in [0.2, 0.25) is 0 Å². The molecule has 1 rings (SSSR count). The van der Waals surface area contributed by atoms with E-state index in [-0.39, 0.29) is 23.8 Å². The third kappa shape index (κ3) is 5.16. The minimum absolute atomic E-state index is 0.0106. The van der Waals surface area contributed by atoms with Gasteiger partial charge in [-0.1, -0.05) is 12.1 Å². The number of hydrogen-bond donors (Lipinski definition) is 2. The van der Waals surface area contributed by atoms with E-state index in [0.29, 0.717) is 12.1 Å². The largest absolute Gasteiger partial charge is 0.481 e. The van der Waals surface area contributed by atoms with Crippen LogP contribution in [0.1, 0.15) is 12.5 Å². The van der Waals surface area contributed by atoms with Crippen LogP contribution in [0.3, 0.4) is 0 Å². The summed E-state index contributed by atoms with van der Waals surface area (Å²) < 4.78 is 26.2. The molecule has 8 heteroatoms. The van der Waals surface area contributed by atoms with E-state index in [1.165, 1.54) is 29.2 Å². The van der Waals surface area contributed by atoms with Crippen LogP contribution >= 0.6 is 0 Å². The van der Waals surface area contributed by atoms with E-state index in [1.54, 1.807) is 14.0 Å². The first-order valence-corrected chi connectivity index (χ1v) is 7.79. The van der Waals surface area contributed by atoms with Crippen molar-refractivity contribution in [2.75, 3.05) is 20.1 Å². The quantitative estimate of drug-likeness (QED) is 0.741. The zero-order chi connectivity index (χ0) is 16.0. The van der Waals surface area contributed by atoms with E-state index in [0.717, 1.165) is 0 Å². The molecule has 0 fully saturated rings. The molecule has 0 aliphatic heterocycles. The molecular formula is C13H18N2O5S. The monoisotopic (exact) mass is 314 g/mol. The van der Waals surface area contributed by atoms with Crippen LogP contribution in [-0.2, 0) is 26.0 Å². The Labute approximate surface area is 123 Å². The number of sulfonamides is 1. The Morgan fingerprint density at radius 3 is 2.29 bits per heavy atom. The van der Waals surface area contributed by atoms with Crippen molar-refractivity contribution < 1.29 is 23.1 Å². The first-order chi connectivity index (χ1) is 9.76. The molecule has 7 nitrogen and oxygen atoms in total. The lowest BCUT2D eigenvalue weighted by molar-refractivity contribution is -0.136. The van der Waals surface area contributed by atoms with Gasteiger partial charge in [0.15, 0.2) is 0 Å². The third-order valence-electron chi connectivity index (χ3n) is 2.90. The number of aliphatic carboxylic acids is 1. The van der Waals surface area contributed by atoms with Crippen LogP contribution < -0.4 is 4.72 Å². The number of benzene rings is 1. The van der Waals surface area contributed by atoms with E-state index < -0.39 is 16.0 Å². The molecule has 0 aliphatic rings. The number of nitrogens with one attached hydrogen (secondary N) is 1. The Morgan fingerprint density at radius 2 is 1.81 bits per heavy atom. The van der Waals surface area contributed by atoms with Gasteiger partial charge in [-0.15, -0.1) is 0 Å². The van der Waals surface area contributed by atoms with Crippen molar-refractivity contribution in [3.05, 3.63) is 29.8 Å². The Hall–Kier alpha value is -1.93. The van der Waals surface area contributed by atoms with Gasteiger partial charge in [0.1, 0.15) is 0 Å². The molecule has 0 bridgehead atoms. The molecular weight excluding hydrogens is 296 g/mol. The van der Waals surface area contributed by atoms with Crippen molar-refractivity contribution in [1.82, 2.24) is 9.62 Å². The summed E-state index contributed by atoms with van der Waals surface area (Å²) in [6.07, 6.45) is -0.173. The maximum Gasteiger partial charge on any atom is 0.307 e. The fraction of sp³-hybridized carbons (Fsp3) is 0.385. The van der Waals surface area contributed by atoms with E-state index in [2.05, 4.69) is 4.72 Å². The molecule has 116 valence electrons. The maximum atomic E-state index is 12.0. The summed E-state index contributed by atoms with van der Waals surface area (Å²) in [6.45, 7) is 1.96. The van der Waals surface area contributed by atoms with Crippen molar-refractivity contribution in [1.29, 1.82) is 0 Å². The number of amides is 1. The molecule has 0 radical (unpaired) electrons. The molecule has 0 heterocycles. The van der Waals surface area contributed by atoms with Crippen LogP contribution in [-0.4, -0.2) is 50.4 Å². The molecule has 1 aromatic rings. The Balaban J connectivity index is 2.74. The molecule has 0 saturated carbocycles. The molecule has 0 aliphatic carbocycles. The number of carbonyl (C=O) groups is 2. The van der Waals surface area contributed by atoms with Crippen LogP contribution in [0.4, 0.5) is 0 Å². The summed E-state index contributed by atoms with van der Waals surface area (Å²) in [5.41, 5.74) is 0.503. The first kappa shape index (κ1) is 17.1. The van der Waals surface area contributed by atoms with Gasteiger partial charge in [-0.25, -0.2) is 13.1 Å². The summed E-state index contributed by atoms with van der Waals surface area (Å²) in [5, 5.41) is 8.64. The molecule has 2 N–H and O–H groups in total. The second-order valence-corrected chi connectivity index (χ2v) is 6.21. The SMILES string of the molecule is CCN(C)C(=O)CNS(=O)(=O)c1ccc(CC(=O)O)cc1. The van der Waals surface area contributed by atoms with Gasteiger partial charge in [-0.05, 0) is 24.6 Å². The summed E-state index contributed by atoms with van der Waals surface area (Å²) in [4.78, 5) is 23.5. The highest BCUT2D eigenvalue weighted by molar-refractivity contribution is 7.89. The van der Waals surface area contributed by atoms with Gasteiger partial charge >= 0.3 is 5.97 Å². The number of carbonyl (C=O) groups excluding carboxylic acids is 1. The van der Waals surface area contributed by atoms with E-state index in [9.17, 15) is 18.0 Å². The summed E-state index contributed by atoms with van der Waals surface area (Å²) in [7, 11) is -2.21. The predicted molar refractivity (Wildman–Crippen MR) is 76.3 cm³/mol. The number of carboxylic acid groups (broad SMARTS) is 1. The smallest absolute Gasteiger partial charge is 0.307 e. The fourth-order valence-corrected chi connectivity index (χ4v) is 2.49. The number of carboxylic acids is 1. The fourth-order valence-electron chi connectivity index (χ4n) is 1.51. The lowest BCUT2D eigenvalue weighted by Crippen LogP contribution is -2.37. The molecule has 21 heavy (non-hydrogen) atoms. The topological polar surface area (TPSA) is 104 Å². The Kier molecular flexibility index (Phi) is 5.86. The second kappa shape index (κ2) is 7.19. The van der Waals surface area contributed by atoms with E-state index in [4.69, 9.17) is 5.11 Å².